The predicted octanol–water partition coefficient (Wildman–Crippen LogP) is 3.17. The molecule has 118 valence electrons. The molecule has 0 saturated carbocycles. The Labute approximate surface area is 125 Å². The number of nitrogens with two attached hydrogens (primary N) is 1. The standard InChI is InChI=1S/C15H24N2O4/c1-14(2,3)20-13(18)17-11-8-7-10(9-12(11)19-6)15(4,5)21-16/h7-9H,16H2,1-6H3,(H,17,18). The fraction of sp³-hybridized carbons (Fsp3) is 0.533. The van der Waals surface area contributed by atoms with Gasteiger partial charge in [0.15, 0.2) is 0 Å². The smallest absolute Gasteiger partial charge is 0.412 e. The largest absolute Gasteiger partial charge is 0.495 e. The van der Waals surface area contributed by atoms with Gasteiger partial charge in [-0.15, -0.1) is 0 Å². The van der Waals surface area contributed by atoms with Gasteiger partial charge in [-0.25, -0.2) is 10.7 Å². The van der Waals surface area contributed by atoms with E-state index in [9.17, 15) is 4.79 Å². The van der Waals surface area contributed by atoms with E-state index >= 15 is 0 Å². The summed E-state index contributed by atoms with van der Waals surface area (Å²) in [5, 5.41) is 2.66. The van der Waals surface area contributed by atoms with Gasteiger partial charge in [-0.05, 0) is 52.3 Å². The molecule has 0 radical (unpaired) electrons. The van der Waals surface area contributed by atoms with E-state index in [-0.39, 0.29) is 0 Å². The zero-order valence-electron chi connectivity index (χ0n) is 13.4. The van der Waals surface area contributed by atoms with E-state index in [1.54, 1.807) is 32.9 Å². The van der Waals surface area contributed by atoms with E-state index < -0.39 is 17.3 Å². The number of methoxy groups -OCH3 is 1. The molecule has 1 aromatic rings. The number of hydrogen-bond donors (Lipinski definition) is 2. The minimum atomic E-state index is -0.655. The molecular weight excluding hydrogens is 272 g/mol. The first-order valence-corrected chi connectivity index (χ1v) is 6.65. The molecule has 0 atom stereocenters. The molecule has 0 aliphatic rings. The van der Waals surface area contributed by atoms with Crippen LogP contribution >= 0.6 is 0 Å². The maximum absolute atomic E-state index is 11.8. The second kappa shape index (κ2) is 6.32. The van der Waals surface area contributed by atoms with Crippen LogP contribution in [0.4, 0.5) is 10.5 Å². The van der Waals surface area contributed by atoms with Crippen LogP contribution in [-0.2, 0) is 15.2 Å². The normalized spacial score (nSPS) is 12.0. The first-order chi connectivity index (χ1) is 9.59. The molecule has 3 N–H and O–H groups in total. The van der Waals surface area contributed by atoms with E-state index in [1.165, 1.54) is 7.11 Å². The third-order valence-electron chi connectivity index (χ3n) is 2.83. The van der Waals surface area contributed by atoms with E-state index in [4.69, 9.17) is 20.2 Å². The van der Waals surface area contributed by atoms with Crippen molar-refractivity contribution in [2.24, 2.45) is 5.90 Å². The number of ether oxygens (including phenoxy) is 2. The second-order valence-electron chi connectivity index (χ2n) is 6.17. The third-order valence-corrected chi connectivity index (χ3v) is 2.83. The summed E-state index contributed by atoms with van der Waals surface area (Å²) in [6.07, 6.45) is -0.539. The molecule has 1 amide bonds. The highest BCUT2D eigenvalue weighted by Crippen LogP contribution is 2.32. The lowest BCUT2D eigenvalue weighted by atomic mass is 9.97. The summed E-state index contributed by atoms with van der Waals surface area (Å²) in [4.78, 5) is 16.7. The van der Waals surface area contributed by atoms with E-state index in [0.29, 0.717) is 11.4 Å². The van der Waals surface area contributed by atoms with E-state index in [2.05, 4.69) is 5.32 Å². The van der Waals surface area contributed by atoms with Crippen molar-refractivity contribution < 1.29 is 19.1 Å². The molecule has 1 rings (SSSR count). The Kier molecular flexibility index (Phi) is 5.20. The molecule has 0 aromatic heterocycles. The molecule has 0 saturated heterocycles. The molecule has 0 heterocycles. The van der Waals surface area contributed by atoms with Crippen molar-refractivity contribution in [1.82, 2.24) is 0 Å². The lowest BCUT2D eigenvalue weighted by molar-refractivity contribution is -0.0237. The quantitative estimate of drug-likeness (QED) is 0.834. The highest BCUT2D eigenvalue weighted by atomic mass is 16.6. The van der Waals surface area contributed by atoms with E-state index in [1.807, 2.05) is 19.9 Å². The maximum atomic E-state index is 11.8. The van der Waals surface area contributed by atoms with Crippen molar-refractivity contribution in [3.05, 3.63) is 23.8 Å². The van der Waals surface area contributed by atoms with Gasteiger partial charge < -0.3 is 9.47 Å². The zero-order valence-corrected chi connectivity index (χ0v) is 13.4. The predicted molar refractivity (Wildman–Crippen MR) is 81.1 cm³/mol. The summed E-state index contributed by atoms with van der Waals surface area (Å²) in [5.41, 5.74) is 0.129. The number of amides is 1. The number of nitrogens with one attached hydrogen (secondary N) is 1. The van der Waals surface area contributed by atoms with E-state index in [0.717, 1.165) is 5.56 Å². The Morgan fingerprint density at radius 1 is 1.19 bits per heavy atom. The molecule has 0 fully saturated rings. The van der Waals surface area contributed by atoms with Crippen LogP contribution in [0.1, 0.15) is 40.2 Å². The van der Waals surface area contributed by atoms with Crippen molar-refractivity contribution in [3.8, 4) is 5.75 Å². The molecule has 0 aliphatic heterocycles. The maximum Gasteiger partial charge on any atom is 0.412 e. The topological polar surface area (TPSA) is 82.8 Å². The van der Waals surface area contributed by atoms with Crippen molar-refractivity contribution >= 4 is 11.8 Å². The van der Waals surface area contributed by atoms with Gasteiger partial charge in [0.25, 0.3) is 0 Å². The van der Waals surface area contributed by atoms with Gasteiger partial charge >= 0.3 is 6.09 Å². The Morgan fingerprint density at radius 2 is 1.81 bits per heavy atom. The fourth-order valence-corrected chi connectivity index (χ4v) is 1.65. The number of carbonyl (C=O) groups is 1. The van der Waals surface area contributed by atoms with Crippen LogP contribution in [0, 0.1) is 0 Å². The Bertz CT molecular complexity index is 507. The average Bonchev–Trinajstić information content (AvgIpc) is 2.36. The van der Waals surface area contributed by atoms with Crippen LogP contribution in [0.2, 0.25) is 0 Å². The third kappa shape index (κ3) is 4.91. The van der Waals surface area contributed by atoms with Crippen LogP contribution in [-0.4, -0.2) is 18.8 Å². The van der Waals surface area contributed by atoms with Crippen LogP contribution < -0.4 is 16.0 Å². The molecular formula is C15H24N2O4. The van der Waals surface area contributed by atoms with Gasteiger partial charge in [0.2, 0.25) is 0 Å². The molecule has 0 spiro atoms. The van der Waals surface area contributed by atoms with Crippen molar-refractivity contribution in [1.29, 1.82) is 0 Å². The molecule has 6 heteroatoms. The fourth-order valence-electron chi connectivity index (χ4n) is 1.65. The monoisotopic (exact) mass is 296 g/mol. The number of hydrogen-bond acceptors (Lipinski definition) is 5. The summed E-state index contributed by atoms with van der Waals surface area (Å²) < 4.78 is 10.5. The summed E-state index contributed by atoms with van der Waals surface area (Å²) in [6, 6.07) is 5.29. The summed E-state index contributed by atoms with van der Waals surface area (Å²) in [5.74, 6) is 5.79. The second-order valence-corrected chi connectivity index (χ2v) is 6.17. The van der Waals surface area contributed by atoms with Gasteiger partial charge in [0.05, 0.1) is 12.8 Å². The number of benzene rings is 1. The molecule has 0 aliphatic carbocycles. The van der Waals surface area contributed by atoms with Crippen LogP contribution in [0.25, 0.3) is 0 Å². The molecule has 21 heavy (non-hydrogen) atoms. The first-order valence-electron chi connectivity index (χ1n) is 6.65. The lowest BCUT2D eigenvalue weighted by Crippen LogP contribution is -2.27. The molecule has 0 unspecified atom stereocenters. The van der Waals surface area contributed by atoms with Crippen LogP contribution in [0.15, 0.2) is 18.2 Å². The Morgan fingerprint density at radius 3 is 2.29 bits per heavy atom. The van der Waals surface area contributed by atoms with Gasteiger partial charge in [-0.3, -0.25) is 10.2 Å². The SMILES string of the molecule is COc1cc(C(C)(C)ON)ccc1NC(=O)OC(C)(C)C. The number of anilines is 1. The highest BCUT2D eigenvalue weighted by molar-refractivity contribution is 5.87. The average molecular weight is 296 g/mol. The number of rotatable bonds is 4. The minimum Gasteiger partial charge on any atom is -0.495 e. The van der Waals surface area contributed by atoms with Crippen molar-refractivity contribution in [2.75, 3.05) is 12.4 Å². The van der Waals surface area contributed by atoms with Gasteiger partial charge in [-0.1, -0.05) is 6.07 Å². The van der Waals surface area contributed by atoms with Crippen LogP contribution in [0.5, 0.6) is 5.75 Å². The zero-order chi connectivity index (χ0) is 16.3. The first kappa shape index (κ1) is 17.3. The molecule has 0 bridgehead atoms. The van der Waals surface area contributed by atoms with Crippen molar-refractivity contribution in [2.45, 2.75) is 45.8 Å². The van der Waals surface area contributed by atoms with Gasteiger partial charge in [0.1, 0.15) is 17.0 Å². The summed E-state index contributed by atoms with van der Waals surface area (Å²) in [6.45, 7) is 9.07. The molecule has 6 nitrogen and oxygen atoms in total. The summed E-state index contributed by atoms with van der Waals surface area (Å²) in [7, 11) is 1.52. The minimum absolute atomic E-state index is 0.503. The Hall–Kier alpha value is -1.79. The Balaban J connectivity index is 2.97. The lowest BCUT2D eigenvalue weighted by Gasteiger charge is -2.24. The number of carbonyl (C=O) groups excluding carboxylic acids is 1. The van der Waals surface area contributed by atoms with Crippen LogP contribution in [0.3, 0.4) is 0 Å². The summed E-state index contributed by atoms with van der Waals surface area (Å²) >= 11 is 0. The molecule has 1 aromatic carbocycles. The van der Waals surface area contributed by atoms with Crippen molar-refractivity contribution in [3.63, 3.8) is 0 Å². The van der Waals surface area contributed by atoms with Gasteiger partial charge in [0, 0.05) is 0 Å². The van der Waals surface area contributed by atoms with Gasteiger partial charge in [-0.2, -0.15) is 0 Å². The highest BCUT2D eigenvalue weighted by Gasteiger charge is 2.23.